The lowest BCUT2D eigenvalue weighted by Gasteiger charge is -2.36. The van der Waals surface area contributed by atoms with Crippen molar-refractivity contribution in [3.8, 4) is 11.5 Å². The maximum Gasteiger partial charge on any atom is 0.223 e. The summed E-state index contributed by atoms with van der Waals surface area (Å²) in [7, 11) is 5.05. The van der Waals surface area contributed by atoms with E-state index in [1.165, 1.54) is 0 Å². The fourth-order valence-electron chi connectivity index (χ4n) is 5.84. The number of carbonyl (C=O) groups excluding carboxylic acids is 1. The highest BCUT2D eigenvalue weighted by Gasteiger charge is 2.38. The summed E-state index contributed by atoms with van der Waals surface area (Å²) in [5.41, 5.74) is 6.81. The zero-order chi connectivity index (χ0) is 29.8. The highest BCUT2D eigenvalue weighted by molar-refractivity contribution is 5.79. The first-order chi connectivity index (χ1) is 19.0. The van der Waals surface area contributed by atoms with Gasteiger partial charge >= 0.3 is 0 Å². The molecule has 8 heteroatoms. The molecule has 0 unspecified atom stereocenters. The van der Waals surface area contributed by atoms with Crippen LogP contribution < -0.4 is 20.5 Å². The Balaban J connectivity index is 2.02. The molecule has 1 aliphatic rings. The maximum atomic E-state index is 13.2. The summed E-state index contributed by atoms with van der Waals surface area (Å²) >= 11 is 0. The smallest absolute Gasteiger partial charge is 0.223 e. The number of aliphatic hydroxyl groups excluding tert-OH is 1. The fraction of sp³-hybridized carbons (Fsp3) is 0.781. The number of ether oxygens (including phenoxy) is 4. The van der Waals surface area contributed by atoms with E-state index in [0.717, 1.165) is 56.3 Å². The molecule has 40 heavy (non-hydrogen) atoms. The van der Waals surface area contributed by atoms with Crippen LogP contribution in [0.1, 0.15) is 84.6 Å². The van der Waals surface area contributed by atoms with Crippen molar-refractivity contribution in [2.75, 3.05) is 41.1 Å². The predicted octanol–water partition coefficient (Wildman–Crippen LogP) is 4.89. The van der Waals surface area contributed by atoms with Crippen LogP contribution in [0.5, 0.6) is 11.5 Å². The Kier molecular flexibility index (Phi) is 14.2. The van der Waals surface area contributed by atoms with Gasteiger partial charge in [-0.25, -0.2) is 0 Å². The Morgan fingerprint density at radius 2 is 1.85 bits per heavy atom. The monoisotopic (exact) mass is 564 g/mol. The lowest BCUT2D eigenvalue weighted by atomic mass is 9.77. The molecule has 0 bridgehead atoms. The van der Waals surface area contributed by atoms with Crippen LogP contribution in [0, 0.1) is 17.8 Å². The number of rotatable bonds is 19. The second-order valence-corrected chi connectivity index (χ2v) is 12.3. The molecule has 2 rings (SSSR count). The van der Waals surface area contributed by atoms with Crippen LogP contribution in [-0.2, 0) is 20.7 Å². The summed E-state index contributed by atoms with van der Waals surface area (Å²) in [6.07, 6.45) is 6.87. The minimum atomic E-state index is -0.834. The molecule has 0 aromatic heterocycles. The van der Waals surface area contributed by atoms with Gasteiger partial charge in [0, 0.05) is 45.2 Å². The molecule has 0 aliphatic heterocycles. The molecule has 1 aliphatic carbocycles. The third-order valence-corrected chi connectivity index (χ3v) is 8.72. The fourth-order valence-corrected chi connectivity index (χ4v) is 5.84. The number of hydrogen-bond donors (Lipinski definition) is 3. The summed E-state index contributed by atoms with van der Waals surface area (Å²) < 4.78 is 22.3. The highest BCUT2D eigenvalue weighted by Crippen LogP contribution is 2.34. The van der Waals surface area contributed by atoms with Crippen molar-refractivity contribution in [2.45, 2.75) is 103 Å². The van der Waals surface area contributed by atoms with E-state index in [1.54, 1.807) is 21.3 Å². The predicted molar refractivity (Wildman–Crippen MR) is 160 cm³/mol. The number of benzene rings is 1. The van der Waals surface area contributed by atoms with Gasteiger partial charge in [-0.3, -0.25) is 4.79 Å². The standard InChI is InChI=1S/C32H56N2O6/c1-8-24(18-25-12-13-27(38-6)28(19-25)40-17-11-16-37-5)21-31(4,33)29(35)20-26(23(2)3)30(36)34-22-32(39-7)14-9-10-15-32/h12-13,19,23-24,26,29,35H,8-11,14-18,20-22,33H2,1-7H3,(H,34,36)/t24-,26-,29-,31-/m0/s1. The minimum Gasteiger partial charge on any atom is -0.493 e. The molecular weight excluding hydrogens is 508 g/mol. The zero-order valence-electron chi connectivity index (χ0n) is 26.1. The van der Waals surface area contributed by atoms with Gasteiger partial charge in [-0.15, -0.1) is 0 Å². The van der Waals surface area contributed by atoms with Crippen LogP contribution in [0.2, 0.25) is 0 Å². The van der Waals surface area contributed by atoms with Gasteiger partial charge in [0.1, 0.15) is 0 Å². The van der Waals surface area contributed by atoms with Crippen molar-refractivity contribution in [2.24, 2.45) is 23.5 Å². The van der Waals surface area contributed by atoms with Crippen molar-refractivity contribution < 1.29 is 28.8 Å². The first-order valence-corrected chi connectivity index (χ1v) is 15.1. The van der Waals surface area contributed by atoms with Gasteiger partial charge in [-0.05, 0) is 68.6 Å². The SMILES string of the molecule is CC[C@@H](Cc1ccc(OC)c(OCCCOC)c1)C[C@](C)(N)[C@@H](O)C[C@H](C(=O)NCC1(OC)CCCC1)C(C)C. The highest BCUT2D eigenvalue weighted by atomic mass is 16.5. The summed E-state index contributed by atoms with van der Waals surface area (Å²) in [6, 6.07) is 6.04. The van der Waals surface area contributed by atoms with E-state index in [2.05, 4.69) is 18.3 Å². The Bertz CT molecular complexity index is 884. The van der Waals surface area contributed by atoms with E-state index < -0.39 is 11.6 Å². The molecule has 230 valence electrons. The maximum absolute atomic E-state index is 13.2. The number of aliphatic hydroxyl groups is 1. The normalized spacial score (nSPS) is 18.6. The van der Waals surface area contributed by atoms with E-state index in [1.807, 2.05) is 32.9 Å². The van der Waals surface area contributed by atoms with Crippen LogP contribution in [0.3, 0.4) is 0 Å². The molecule has 0 radical (unpaired) electrons. The average Bonchev–Trinajstić information content (AvgIpc) is 3.41. The molecular formula is C32H56N2O6. The van der Waals surface area contributed by atoms with E-state index in [4.69, 9.17) is 24.7 Å². The molecule has 1 fully saturated rings. The van der Waals surface area contributed by atoms with Crippen molar-refractivity contribution in [1.82, 2.24) is 5.32 Å². The molecule has 4 N–H and O–H groups in total. The van der Waals surface area contributed by atoms with Crippen LogP contribution >= 0.6 is 0 Å². The molecule has 1 aromatic rings. The van der Waals surface area contributed by atoms with Crippen molar-refractivity contribution in [3.05, 3.63) is 23.8 Å². The topological polar surface area (TPSA) is 112 Å². The molecule has 1 aromatic carbocycles. The number of carbonyl (C=O) groups is 1. The Morgan fingerprint density at radius 1 is 1.15 bits per heavy atom. The number of methoxy groups -OCH3 is 3. The molecule has 0 heterocycles. The van der Waals surface area contributed by atoms with Crippen molar-refractivity contribution in [1.29, 1.82) is 0 Å². The van der Waals surface area contributed by atoms with Gasteiger partial charge in [0.05, 0.1) is 25.4 Å². The lowest BCUT2D eigenvalue weighted by molar-refractivity contribution is -0.129. The minimum absolute atomic E-state index is 0.0310. The van der Waals surface area contributed by atoms with Crippen LogP contribution in [0.15, 0.2) is 18.2 Å². The summed E-state index contributed by atoms with van der Waals surface area (Å²) in [6.45, 7) is 9.82. The molecule has 4 atom stereocenters. The van der Waals surface area contributed by atoms with Crippen molar-refractivity contribution >= 4 is 5.91 Å². The third kappa shape index (κ3) is 10.2. The summed E-state index contributed by atoms with van der Waals surface area (Å²) in [5.74, 6) is 1.41. The molecule has 0 spiro atoms. The van der Waals surface area contributed by atoms with E-state index in [0.29, 0.717) is 38.3 Å². The largest absolute Gasteiger partial charge is 0.493 e. The molecule has 0 saturated heterocycles. The Labute approximate surface area is 242 Å². The zero-order valence-corrected chi connectivity index (χ0v) is 26.1. The van der Waals surface area contributed by atoms with Gasteiger partial charge in [0.25, 0.3) is 0 Å². The second kappa shape index (κ2) is 16.5. The van der Waals surface area contributed by atoms with Crippen LogP contribution in [0.4, 0.5) is 0 Å². The van der Waals surface area contributed by atoms with E-state index in [-0.39, 0.29) is 29.3 Å². The first-order valence-electron chi connectivity index (χ1n) is 15.1. The average molecular weight is 565 g/mol. The number of amides is 1. The summed E-state index contributed by atoms with van der Waals surface area (Å²) in [4.78, 5) is 13.2. The Hall–Kier alpha value is -1.87. The van der Waals surface area contributed by atoms with E-state index in [9.17, 15) is 9.90 Å². The van der Waals surface area contributed by atoms with Gasteiger partial charge in [0.2, 0.25) is 5.91 Å². The third-order valence-electron chi connectivity index (χ3n) is 8.72. The van der Waals surface area contributed by atoms with Gasteiger partial charge in [-0.2, -0.15) is 0 Å². The molecule has 1 saturated carbocycles. The second-order valence-electron chi connectivity index (χ2n) is 12.3. The van der Waals surface area contributed by atoms with Crippen LogP contribution in [-0.4, -0.2) is 69.3 Å². The van der Waals surface area contributed by atoms with Gasteiger partial charge in [0.15, 0.2) is 11.5 Å². The van der Waals surface area contributed by atoms with Crippen molar-refractivity contribution in [3.63, 3.8) is 0 Å². The molecule has 8 nitrogen and oxygen atoms in total. The van der Waals surface area contributed by atoms with Gasteiger partial charge in [-0.1, -0.05) is 46.1 Å². The number of hydrogen-bond acceptors (Lipinski definition) is 7. The lowest BCUT2D eigenvalue weighted by Crippen LogP contribution is -2.52. The van der Waals surface area contributed by atoms with Gasteiger partial charge < -0.3 is 35.1 Å². The summed E-state index contributed by atoms with van der Waals surface area (Å²) in [5, 5.41) is 14.4. The number of nitrogens with one attached hydrogen (secondary N) is 1. The molecule has 1 amide bonds. The Morgan fingerprint density at radius 3 is 2.42 bits per heavy atom. The quantitative estimate of drug-likeness (QED) is 0.205. The van der Waals surface area contributed by atoms with Crippen LogP contribution in [0.25, 0.3) is 0 Å². The van der Waals surface area contributed by atoms with E-state index >= 15 is 0 Å². The first kappa shape index (κ1) is 34.3. The number of nitrogens with two attached hydrogens (primary N) is 1.